The van der Waals surface area contributed by atoms with Crippen LogP contribution in [0.15, 0.2) is 24.3 Å². The summed E-state index contributed by atoms with van der Waals surface area (Å²) in [4.78, 5) is 8.55. The van der Waals surface area contributed by atoms with Crippen molar-refractivity contribution in [3.05, 3.63) is 45.3 Å². The van der Waals surface area contributed by atoms with Gasteiger partial charge in [0, 0.05) is 22.6 Å². The second-order valence-electron chi connectivity index (χ2n) is 5.28. The number of halogens is 3. The second-order valence-corrected chi connectivity index (χ2v) is 6.51. The Hall–Kier alpha value is -1.03. The van der Waals surface area contributed by atoms with E-state index < -0.39 is 0 Å². The predicted molar refractivity (Wildman–Crippen MR) is 82.3 cm³/mol. The van der Waals surface area contributed by atoms with Crippen molar-refractivity contribution in [1.29, 1.82) is 0 Å². The fraction of sp³-hybridized carbons (Fsp3) is 0.286. The fourth-order valence-electron chi connectivity index (χ4n) is 1.45. The number of hydrogen-bond donors (Lipinski definition) is 0. The molecule has 1 aromatic carbocycles. The number of aromatic nitrogens is 2. The first-order valence-corrected chi connectivity index (χ1v) is 7.07. The van der Waals surface area contributed by atoms with Gasteiger partial charge in [-0.15, -0.1) is 0 Å². The van der Waals surface area contributed by atoms with Crippen LogP contribution < -0.4 is 4.74 Å². The lowest BCUT2D eigenvalue weighted by atomic mass is 9.96. The van der Waals surface area contributed by atoms with E-state index in [9.17, 15) is 0 Å². The van der Waals surface area contributed by atoms with E-state index in [4.69, 9.17) is 39.5 Å². The highest BCUT2D eigenvalue weighted by atomic mass is 35.5. The molecule has 0 fully saturated rings. The number of nitrogens with zero attached hydrogens (tertiary/aromatic N) is 2. The third-order valence-corrected chi connectivity index (χ3v) is 3.19. The molecule has 0 aliphatic carbocycles. The highest BCUT2D eigenvalue weighted by molar-refractivity contribution is 6.34. The Morgan fingerprint density at radius 3 is 2.35 bits per heavy atom. The Balaban J connectivity index is 2.39. The number of rotatable bonds is 2. The molecule has 0 bridgehead atoms. The summed E-state index contributed by atoms with van der Waals surface area (Å²) in [6, 6.07) is 6.50. The third kappa shape index (κ3) is 3.75. The van der Waals surface area contributed by atoms with Gasteiger partial charge in [0.25, 0.3) is 0 Å². The maximum atomic E-state index is 6.06. The summed E-state index contributed by atoms with van der Waals surface area (Å²) in [5.41, 5.74) is -0.235. The molecule has 6 heteroatoms. The van der Waals surface area contributed by atoms with E-state index in [2.05, 4.69) is 9.97 Å². The molecule has 106 valence electrons. The Bertz CT molecular complexity index is 639. The summed E-state index contributed by atoms with van der Waals surface area (Å²) in [6.45, 7) is 5.98. The predicted octanol–water partition coefficient (Wildman–Crippen LogP) is 5.53. The summed E-state index contributed by atoms with van der Waals surface area (Å²) in [7, 11) is 0. The molecule has 0 unspecified atom stereocenters. The van der Waals surface area contributed by atoms with E-state index >= 15 is 0 Å². The minimum absolute atomic E-state index is 0.235. The highest BCUT2D eigenvalue weighted by Crippen LogP contribution is 2.32. The second kappa shape index (κ2) is 5.76. The average molecular weight is 332 g/mol. The molecule has 2 rings (SSSR count). The zero-order valence-electron chi connectivity index (χ0n) is 11.2. The molecule has 0 N–H and O–H groups in total. The van der Waals surface area contributed by atoms with Crippen LogP contribution in [-0.4, -0.2) is 9.97 Å². The Labute approximate surface area is 132 Å². The van der Waals surface area contributed by atoms with Gasteiger partial charge in [-0.1, -0.05) is 55.6 Å². The monoisotopic (exact) mass is 330 g/mol. The maximum Gasteiger partial charge on any atom is 0.224 e. The highest BCUT2D eigenvalue weighted by Gasteiger charge is 2.19. The zero-order chi connectivity index (χ0) is 14.9. The molecule has 3 nitrogen and oxygen atoms in total. The lowest BCUT2D eigenvalue weighted by molar-refractivity contribution is 0.446. The van der Waals surface area contributed by atoms with Gasteiger partial charge in [0.1, 0.15) is 16.7 Å². The molecule has 2 aromatic rings. The van der Waals surface area contributed by atoms with Crippen LogP contribution >= 0.6 is 34.8 Å². The van der Waals surface area contributed by atoms with E-state index in [1.807, 2.05) is 20.8 Å². The number of hydrogen-bond acceptors (Lipinski definition) is 3. The molecule has 0 amide bonds. The van der Waals surface area contributed by atoms with Gasteiger partial charge < -0.3 is 4.74 Å². The molecule has 1 aromatic heterocycles. The van der Waals surface area contributed by atoms with Crippen LogP contribution in [0.5, 0.6) is 11.6 Å². The van der Waals surface area contributed by atoms with Crippen LogP contribution in [0.25, 0.3) is 0 Å². The van der Waals surface area contributed by atoms with Crippen molar-refractivity contribution in [1.82, 2.24) is 9.97 Å². The van der Waals surface area contributed by atoms with Crippen molar-refractivity contribution in [3.63, 3.8) is 0 Å². The van der Waals surface area contributed by atoms with Crippen molar-refractivity contribution >= 4 is 34.8 Å². The summed E-state index contributed by atoms with van der Waals surface area (Å²) in [5.74, 6) is 1.35. The van der Waals surface area contributed by atoms with Crippen molar-refractivity contribution in [2.45, 2.75) is 26.2 Å². The van der Waals surface area contributed by atoms with Crippen LogP contribution in [0, 0.1) is 0 Å². The molecule has 0 saturated heterocycles. The van der Waals surface area contributed by atoms with Crippen LogP contribution in [0.1, 0.15) is 26.6 Å². The van der Waals surface area contributed by atoms with Crippen molar-refractivity contribution in [3.8, 4) is 11.6 Å². The van der Waals surface area contributed by atoms with E-state index in [-0.39, 0.29) is 5.41 Å². The zero-order valence-corrected chi connectivity index (χ0v) is 13.5. The first-order valence-electron chi connectivity index (χ1n) is 5.94. The van der Waals surface area contributed by atoms with E-state index in [1.54, 1.807) is 18.2 Å². The van der Waals surface area contributed by atoms with Gasteiger partial charge >= 0.3 is 0 Å². The molecular weight excluding hydrogens is 319 g/mol. The van der Waals surface area contributed by atoms with Crippen molar-refractivity contribution < 1.29 is 4.74 Å². The quantitative estimate of drug-likeness (QED) is 0.679. The first-order chi connectivity index (χ1) is 9.25. The molecule has 0 aliphatic heterocycles. The molecule has 0 aliphatic rings. The molecule has 1 heterocycles. The Morgan fingerprint density at radius 1 is 1.00 bits per heavy atom. The lowest BCUT2D eigenvalue weighted by Gasteiger charge is -2.17. The number of ether oxygens (including phenoxy) is 1. The molecule has 0 saturated carbocycles. The summed E-state index contributed by atoms with van der Waals surface area (Å²) in [6.07, 6.45) is 0. The fourth-order valence-corrected chi connectivity index (χ4v) is 1.94. The Kier molecular flexibility index (Phi) is 4.43. The van der Waals surface area contributed by atoms with Gasteiger partial charge in [-0.05, 0) is 12.1 Å². The van der Waals surface area contributed by atoms with Crippen LogP contribution in [0.2, 0.25) is 15.2 Å². The molecule has 20 heavy (non-hydrogen) atoms. The van der Waals surface area contributed by atoms with Gasteiger partial charge in [0.05, 0.1) is 5.02 Å². The molecule has 0 atom stereocenters. The lowest BCUT2D eigenvalue weighted by Crippen LogP contribution is -2.16. The topological polar surface area (TPSA) is 35.0 Å². The van der Waals surface area contributed by atoms with E-state index in [0.29, 0.717) is 32.7 Å². The van der Waals surface area contributed by atoms with Gasteiger partial charge in [-0.2, -0.15) is 4.98 Å². The van der Waals surface area contributed by atoms with Gasteiger partial charge in [-0.25, -0.2) is 4.98 Å². The molecule has 0 radical (unpaired) electrons. The van der Waals surface area contributed by atoms with Crippen molar-refractivity contribution in [2.24, 2.45) is 0 Å². The summed E-state index contributed by atoms with van der Waals surface area (Å²) < 4.78 is 5.65. The normalized spacial score (nSPS) is 11.5. The van der Waals surface area contributed by atoms with E-state index in [0.717, 1.165) is 0 Å². The Morgan fingerprint density at radius 2 is 1.70 bits per heavy atom. The molecular formula is C14H13Cl3N2O. The largest absolute Gasteiger partial charge is 0.437 e. The van der Waals surface area contributed by atoms with Gasteiger partial charge in [-0.3, -0.25) is 0 Å². The van der Waals surface area contributed by atoms with Crippen LogP contribution in [0.3, 0.4) is 0 Å². The van der Waals surface area contributed by atoms with Crippen LogP contribution in [0.4, 0.5) is 0 Å². The smallest absolute Gasteiger partial charge is 0.224 e. The van der Waals surface area contributed by atoms with Crippen molar-refractivity contribution in [2.75, 3.05) is 0 Å². The summed E-state index contributed by atoms with van der Waals surface area (Å²) in [5, 5.41) is 1.29. The van der Waals surface area contributed by atoms with Gasteiger partial charge in [0.15, 0.2) is 0 Å². The average Bonchev–Trinajstić information content (AvgIpc) is 2.32. The van der Waals surface area contributed by atoms with Crippen LogP contribution in [-0.2, 0) is 5.41 Å². The minimum Gasteiger partial charge on any atom is -0.437 e. The number of benzene rings is 1. The van der Waals surface area contributed by atoms with Gasteiger partial charge in [0.2, 0.25) is 5.88 Å². The summed E-state index contributed by atoms with van der Waals surface area (Å²) >= 11 is 18.0. The first kappa shape index (κ1) is 15.4. The van der Waals surface area contributed by atoms with E-state index in [1.165, 1.54) is 6.07 Å². The third-order valence-electron chi connectivity index (χ3n) is 2.45. The standard InChI is InChI=1S/C14H13Cl3N2O/c1-14(2,3)13-18-11(17)7-12(19-13)20-10-6-8(15)4-5-9(10)16/h4-7H,1-3H3. The minimum atomic E-state index is -0.235. The SMILES string of the molecule is CC(C)(C)c1nc(Cl)cc(Oc2cc(Cl)ccc2Cl)n1. The maximum absolute atomic E-state index is 6.06. The molecule has 0 spiro atoms.